The number of benzene rings is 5. The minimum absolute atomic E-state index is 0.0883. The Morgan fingerprint density at radius 1 is 0.409 bits per heavy atom. The Labute approximate surface area is 419 Å². The molecule has 5 aromatic rings. The van der Waals surface area contributed by atoms with E-state index in [1.54, 1.807) is 24.3 Å². The highest BCUT2D eigenvalue weighted by atomic mass is 35.5. The molecule has 66 heavy (non-hydrogen) atoms. The molecular formula is C46H38Cl8N4O8. The van der Waals surface area contributed by atoms with Crippen LogP contribution in [0.3, 0.4) is 0 Å². The van der Waals surface area contributed by atoms with Gasteiger partial charge in [0.1, 0.15) is 23.0 Å². The predicted octanol–water partition coefficient (Wildman–Crippen LogP) is 12.3. The summed E-state index contributed by atoms with van der Waals surface area (Å²) in [5, 5.41) is 43.6. The molecule has 0 atom stereocenters. The first-order chi connectivity index (χ1) is 31.5. The summed E-state index contributed by atoms with van der Waals surface area (Å²) in [5.41, 5.74) is 1.26. The first-order valence-electron chi connectivity index (χ1n) is 19.8. The van der Waals surface area contributed by atoms with Crippen molar-refractivity contribution in [2.75, 3.05) is 52.6 Å². The van der Waals surface area contributed by atoms with Gasteiger partial charge in [-0.05, 0) is 48.5 Å². The van der Waals surface area contributed by atoms with Gasteiger partial charge in [0.15, 0.2) is 12.6 Å². The number of aromatic hydroxyl groups is 4. The lowest BCUT2D eigenvalue weighted by Gasteiger charge is -2.39. The molecule has 0 aliphatic carbocycles. The molecule has 2 heterocycles. The van der Waals surface area contributed by atoms with Crippen LogP contribution >= 0.6 is 92.8 Å². The fourth-order valence-corrected chi connectivity index (χ4v) is 8.97. The standard InChI is InChI=1S/C46H38Cl8N4O8/c47-31-5-27(39(59)35(51)9-31)13-55-17-45(18-56-14-28-6-32(48)10-36(52)40(28)60)21-63-43(64-22-45)25-1-2-26(4-3-25)44-65-23-46(24-66-44,19-57-15-29-7-33(49)11-37(53)41(29)61)20-58-16-30-8-34(50)12-38(54)42(30)62/h1-16,43-44,59-62H,17-24H2. The lowest BCUT2D eigenvalue weighted by atomic mass is 9.89. The van der Waals surface area contributed by atoms with Crippen LogP contribution in [-0.2, 0) is 18.9 Å². The van der Waals surface area contributed by atoms with Crippen molar-refractivity contribution in [1.29, 1.82) is 0 Å². The molecule has 2 aliphatic rings. The van der Waals surface area contributed by atoms with Crippen molar-refractivity contribution in [2.24, 2.45) is 30.8 Å². The van der Waals surface area contributed by atoms with E-state index in [0.29, 0.717) is 42.3 Å². The number of hydrogen-bond acceptors (Lipinski definition) is 12. The fraction of sp³-hybridized carbons (Fsp3) is 0.261. The highest BCUT2D eigenvalue weighted by Crippen LogP contribution is 2.38. The Hall–Kier alpha value is -3.86. The Morgan fingerprint density at radius 3 is 0.864 bits per heavy atom. The minimum Gasteiger partial charge on any atom is -0.506 e. The second kappa shape index (κ2) is 22.1. The molecule has 2 fully saturated rings. The lowest BCUT2D eigenvalue weighted by molar-refractivity contribution is -0.230. The molecular weight excluding hydrogens is 1020 g/mol. The molecule has 0 bridgehead atoms. The van der Waals surface area contributed by atoms with Crippen LogP contribution in [0.25, 0.3) is 0 Å². The molecule has 0 saturated carbocycles. The summed E-state index contributed by atoms with van der Waals surface area (Å²) in [7, 11) is 0. The van der Waals surface area contributed by atoms with Crippen LogP contribution in [0, 0.1) is 10.8 Å². The summed E-state index contributed by atoms with van der Waals surface area (Å²) in [6.45, 7) is 1.39. The number of halogens is 8. The lowest BCUT2D eigenvalue weighted by Crippen LogP contribution is -2.44. The largest absolute Gasteiger partial charge is 0.506 e. The van der Waals surface area contributed by atoms with Gasteiger partial charge >= 0.3 is 0 Å². The van der Waals surface area contributed by atoms with Crippen molar-refractivity contribution in [3.8, 4) is 23.0 Å². The van der Waals surface area contributed by atoms with Crippen LogP contribution in [-0.4, -0.2) is 97.9 Å². The van der Waals surface area contributed by atoms with Crippen LogP contribution in [0.5, 0.6) is 23.0 Å². The van der Waals surface area contributed by atoms with Gasteiger partial charge in [-0.3, -0.25) is 20.0 Å². The molecule has 0 unspecified atom stereocenters. The van der Waals surface area contributed by atoms with E-state index in [4.69, 9.17) is 112 Å². The van der Waals surface area contributed by atoms with Gasteiger partial charge in [0.2, 0.25) is 0 Å². The maximum atomic E-state index is 10.5. The topological polar surface area (TPSA) is 167 Å². The smallest absolute Gasteiger partial charge is 0.183 e. The van der Waals surface area contributed by atoms with Gasteiger partial charge in [-0.1, -0.05) is 117 Å². The molecule has 346 valence electrons. The van der Waals surface area contributed by atoms with E-state index in [0.717, 1.165) is 11.1 Å². The first-order valence-corrected chi connectivity index (χ1v) is 22.8. The molecule has 0 radical (unpaired) electrons. The van der Waals surface area contributed by atoms with Crippen LogP contribution in [0.15, 0.2) is 92.8 Å². The van der Waals surface area contributed by atoms with Crippen LogP contribution in [0.1, 0.15) is 46.0 Å². The van der Waals surface area contributed by atoms with Crippen molar-refractivity contribution in [1.82, 2.24) is 0 Å². The molecule has 2 aliphatic heterocycles. The molecule has 2 saturated heterocycles. The Balaban J connectivity index is 1.03. The van der Waals surface area contributed by atoms with Crippen molar-refractivity contribution in [2.45, 2.75) is 12.6 Å². The van der Waals surface area contributed by atoms with Crippen LogP contribution < -0.4 is 0 Å². The summed E-state index contributed by atoms with van der Waals surface area (Å²) in [6, 6.07) is 19.3. The fourth-order valence-electron chi connectivity index (χ4n) is 6.94. The average Bonchev–Trinajstić information content (AvgIpc) is 3.28. The average molecular weight is 1060 g/mol. The predicted molar refractivity (Wildman–Crippen MR) is 263 cm³/mol. The Morgan fingerprint density at radius 2 is 0.636 bits per heavy atom. The second-order valence-electron chi connectivity index (χ2n) is 15.8. The number of nitrogens with zero attached hydrogens (tertiary/aromatic N) is 4. The van der Waals surface area contributed by atoms with E-state index in [2.05, 4.69) is 20.0 Å². The SMILES string of the molecule is Oc1c(Cl)cc(Cl)cc1C=NCC1(CN=Cc2cc(Cl)cc(Cl)c2O)COC(c2ccc(C3OCC(CN=Cc4cc(Cl)cc(Cl)c4O)(CN=Cc4cc(Cl)cc(Cl)c4O)CO3)cc2)OC1. The summed E-state index contributed by atoms with van der Waals surface area (Å²) in [4.78, 5) is 18.4. The third-order valence-electron chi connectivity index (χ3n) is 10.5. The van der Waals surface area contributed by atoms with Crippen molar-refractivity contribution in [3.05, 3.63) is 146 Å². The van der Waals surface area contributed by atoms with Crippen LogP contribution in [0.2, 0.25) is 40.2 Å². The molecule has 0 amide bonds. The van der Waals surface area contributed by atoms with E-state index in [9.17, 15) is 20.4 Å². The minimum atomic E-state index is -0.771. The van der Waals surface area contributed by atoms with Gasteiger partial charge < -0.3 is 39.4 Å². The number of phenolic OH excluding ortho intramolecular Hbond substituents is 4. The van der Waals surface area contributed by atoms with E-state index in [1.807, 2.05) is 24.3 Å². The molecule has 20 heteroatoms. The normalized spacial score (nSPS) is 21.5. The molecule has 7 rings (SSSR count). The van der Waals surface area contributed by atoms with E-state index < -0.39 is 23.4 Å². The van der Waals surface area contributed by atoms with Gasteiger partial charge in [0, 0.05) is 78.3 Å². The second-order valence-corrected chi connectivity index (χ2v) is 19.1. The van der Waals surface area contributed by atoms with Gasteiger partial charge in [-0.15, -0.1) is 0 Å². The van der Waals surface area contributed by atoms with Gasteiger partial charge in [0.05, 0.1) is 83.5 Å². The summed E-state index contributed by atoms with van der Waals surface area (Å²) in [6.07, 6.45) is 4.42. The van der Waals surface area contributed by atoms with Crippen molar-refractivity contribution in [3.63, 3.8) is 0 Å². The third kappa shape index (κ3) is 12.4. The van der Waals surface area contributed by atoms with Crippen molar-refractivity contribution >= 4 is 118 Å². The van der Waals surface area contributed by atoms with Gasteiger partial charge in [-0.25, -0.2) is 0 Å². The summed E-state index contributed by atoms with van der Waals surface area (Å²) < 4.78 is 25.2. The van der Waals surface area contributed by atoms with E-state index in [-0.39, 0.29) is 95.7 Å². The summed E-state index contributed by atoms with van der Waals surface area (Å²) in [5.74, 6) is -0.639. The van der Waals surface area contributed by atoms with Crippen molar-refractivity contribution < 1.29 is 39.4 Å². The number of ether oxygens (including phenoxy) is 4. The van der Waals surface area contributed by atoms with E-state index in [1.165, 1.54) is 49.1 Å². The van der Waals surface area contributed by atoms with Gasteiger partial charge in [-0.2, -0.15) is 0 Å². The number of aliphatic imine (C=N–C) groups is 4. The third-order valence-corrected chi connectivity index (χ3v) is 12.5. The first kappa shape index (κ1) is 50.0. The zero-order chi connectivity index (χ0) is 47.2. The molecule has 5 aromatic carbocycles. The van der Waals surface area contributed by atoms with E-state index >= 15 is 0 Å². The quantitative estimate of drug-likeness (QED) is 0.0797. The summed E-state index contributed by atoms with van der Waals surface area (Å²) >= 11 is 49.2. The number of phenols is 4. The maximum Gasteiger partial charge on any atom is 0.183 e. The monoisotopic (exact) mass is 1050 g/mol. The molecule has 12 nitrogen and oxygen atoms in total. The van der Waals surface area contributed by atoms with Crippen LogP contribution in [0.4, 0.5) is 0 Å². The molecule has 0 spiro atoms. The maximum absolute atomic E-state index is 10.5. The zero-order valence-electron chi connectivity index (χ0n) is 34.3. The zero-order valence-corrected chi connectivity index (χ0v) is 40.3. The highest BCUT2D eigenvalue weighted by Gasteiger charge is 2.39. The number of rotatable bonds is 14. The highest BCUT2D eigenvalue weighted by molar-refractivity contribution is 6.38. The molecule has 0 aromatic heterocycles. The van der Waals surface area contributed by atoms with Gasteiger partial charge in [0.25, 0.3) is 0 Å². The molecule has 4 N–H and O–H groups in total. The number of hydrogen-bond donors (Lipinski definition) is 4. The Kier molecular flexibility index (Phi) is 16.7. The Bertz CT molecular complexity index is 2360.